The molecule has 1 aliphatic heterocycles. The summed E-state index contributed by atoms with van der Waals surface area (Å²) in [5.74, 6) is 5.11. The monoisotopic (exact) mass is 265 g/mol. The topological polar surface area (TPSA) is 58.4 Å². The zero-order valence-electron chi connectivity index (χ0n) is 11.3. The molecule has 0 bridgehead atoms. The molecule has 104 valence electrons. The maximum Gasteiger partial charge on any atom is 0.256 e. The number of likely N-dealkylation sites (tertiary alicyclic amines) is 1. The van der Waals surface area contributed by atoms with Crippen LogP contribution in [0.4, 0.5) is 10.1 Å². The summed E-state index contributed by atoms with van der Waals surface area (Å²) in [6, 6.07) is 4.58. The van der Waals surface area contributed by atoms with Gasteiger partial charge in [0.05, 0.1) is 11.3 Å². The highest BCUT2D eigenvalue weighted by Crippen LogP contribution is 2.27. The van der Waals surface area contributed by atoms with Crippen LogP contribution in [0.1, 0.15) is 37.0 Å². The molecule has 3 N–H and O–H groups in total. The first-order chi connectivity index (χ1) is 9.06. The van der Waals surface area contributed by atoms with Crippen molar-refractivity contribution in [3.63, 3.8) is 0 Å². The Morgan fingerprint density at radius 1 is 1.47 bits per heavy atom. The van der Waals surface area contributed by atoms with E-state index in [1.807, 2.05) is 11.8 Å². The third-order valence-electron chi connectivity index (χ3n) is 4.02. The van der Waals surface area contributed by atoms with Crippen LogP contribution in [0.25, 0.3) is 0 Å². The number of carbonyl (C=O) groups excluding carboxylic acids is 1. The number of anilines is 1. The fourth-order valence-corrected chi connectivity index (χ4v) is 2.63. The summed E-state index contributed by atoms with van der Waals surface area (Å²) in [5.41, 5.74) is 2.65. The van der Waals surface area contributed by atoms with E-state index in [2.05, 4.69) is 12.3 Å². The van der Waals surface area contributed by atoms with Gasteiger partial charge in [0.2, 0.25) is 0 Å². The zero-order valence-corrected chi connectivity index (χ0v) is 11.3. The molecule has 1 saturated heterocycles. The van der Waals surface area contributed by atoms with E-state index >= 15 is 0 Å². The summed E-state index contributed by atoms with van der Waals surface area (Å²) >= 11 is 0. The van der Waals surface area contributed by atoms with E-state index in [-0.39, 0.29) is 17.6 Å². The molecular weight excluding hydrogens is 245 g/mol. The molecule has 5 heteroatoms. The summed E-state index contributed by atoms with van der Waals surface area (Å²) in [4.78, 5) is 14.4. The van der Waals surface area contributed by atoms with Crippen molar-refractivity contribution in [2.75, 3.05) is 12.0 Å². The molecule has 1 aliphatic rings. The van der Waals surface area contributed by atoms with Crippen molar-refractivity contribution in [3.8, 4) is 0 Å². The Morgan fingerprint density at radius 3 is 2.89 bits per heavy atom. The Bertz CT molecular complexity index is 478. The lowest BCUT2D eigenvalue weighted by Gasteiger charge is -2.38. The molecule has 2 unspecified atom stereocenters. The highest BCUT2D eigenvalue weighted by molar-refractivity contribution is 5.99. The Balaban J connectivity index is 2.31. The number of nitrogens with one attached hydrogen (secondary N) is 1. The molecule has 0 saturated carbocycles. The Labute approximate surface area is 112 Å². The van der Waals surface area contributed by atoms with Gasteiger partial charge in [-0.1, -0.05) is 13.0 Å². The Hall–Kier alpha value is -1.62. The van der Waals surface area contributed by atoms with Crippen molar-refractivity contribution < 1.29 is 9.18 Å². The van der Waals surface area contributed by atoms with Gasteiger partial charge >= 0.3 is 0 Å². The van der Waals surface area contributed by atoms with Gasteiger partial charge < -0.3 is 10.3 Å². The van der Waals surface area contributed by atoms with Crippen LogP contribution >= 0.6 is 0 Å². The van der Waals surface area contributed by atoms with Gasteiger partial charge in [0.25, 0.3) is 5.91 Å². The number of hydrogen-bond donors (Lipinski definition) is 2. The van der Waals surface area contributed by atoms with Crippen LogP contribution in [0.15, 0.2) is 18.2 Å². The number of halogens is 1. The number of nitrogen functional groups attached to an aromatic ring is 1. The van der Waals surface area contributed by atoms with E-state index in [4.69, 9.17) is 5.84 Å². The molecule has 19 heavy (non-hydrogen) atoms. The molecule has 0 aliphatic carbocycles. The van der Waals surface area contributed by atoms with Crippen LogP contribution in [0.2, 0.25) is 0 Å². The van der Waals surface area contributed by atoms with Crippen molar-refractivity contribution >= 4 is 11.6 Å². The molecule has 1 amide bonds. The lowest BCUT2D eigenvalue weighted by atomic mass is 9.91. The van der Waals surface area contributed by atoms with E-state index < -0.39 is 5.82 Å². The van der Waals surface area contributed by atoms with Gasteiger partial charge in [-0.2, -0.15) is 0 Å². The van der Waals surface area contributed by atoms with Crippen LogP contribution in [0.3, 0.4) is 0 Å². The molecule has 0 aromatic heterocycles. The predicted molar refractivity (Wildman–Crippen MR) is 73.1 cm³/mol. The lowest BCUT2D eigenvalue weighted by molar-refractivity contribution is 0.0551. The number of rotatable bonds is 2. The third kappa shape index (κ3) is 2.56. The average molecular weight is 265 g/mol. The second-order valence-corrected chi connectivity index (χ2v) is 5.17. The number of para-hydroxylation sites is 1. The Morgan fingerprint density at radius 2 is 2.21 bits per heavy atom. The summed E-state index contributed by atoms with van der Waals surface area (Å²) in [6.07, 6.45) is 2.11. The standard InChI is InChI=1S/C14H20FN3O/c1-9-5-4-8-18(10(9)2)14(19)11-6-3-7-12(15)13(11)17-16/h3,6-7,9-10,17H,4-5,8,16H2,1-2H3. The summed E-state index contributed by atoms with van der Waals surface area (Å²) in [6.45, 7) is 4.89. The molecule has 1 aromatic rings. The maximum atomic E-state index is 13.6. The fourth-order valence-electron chi connectivity index (χ4n) is 2.63. The number of carbonyl (C=O) groups is 1. The largest absolute Gasteiger partial charge is 0.336 e. The summed E-state index contributed by atoms with van der Waals surface area (Å²) < 4.78 is 13.6. The second kappa shape index (κ2) is 5.57. The Kier molecular flexibility index (Phi) is 4.04. The van der Waals surface area contributed by atoms with Gasteiger partial charge in [0, 0.05) is 12.6 Å². The molecule has 2 atom stereocenters. The number of amides is 1. The number of nitrogens with two attached hydrogens (primary N) is 1. The first-order valence-electron chi connectivity index (χ1n) is 6.62. The van der Waals surface area contributed by atoms with E-state index in [9.17, 15) is 9.18 Å². The molecule has 1 fully saturated rings. The van der Waals surface area contributed by atoms with Gasteiger partial charge in [0.1, 0.15) is 5.82 Å². The van der Waals surface area contributed by atoms with Crippen molar-refractivity contribution in [1.82, 2.24) is 4.90 Å². The molecule has 1 heterocycles. The third-order valence-corrected chi connectivity index (χ3v) is 4.02. The summed E-state index contributed by atoms with van der Waals surface area (Å²) in [5, 5.41) is 0. The van der Waals surface area contributed by atoms with Crippen molar-refractivity contribution in [1.29, 1.82) is 0 Å². The van der Waals surface area contributed by atoms with Crippen molar-refractivity contribution in [2.24, 2.45) is 11.8 Å². The van der Waals surface area contributed by atoms with Crippen LogP contribution < -0.4 is 11.3 Å². The summed E-state index contributed by atoms with van der Waals surface area (Å²) in [7, 11) is 0. The molecule has 0 radical (unpaired) electrons. The highest BCUT2D eigenvalue weighted by Gasteiger charge is 2.30. The van der Waals surface area contributed by atoms with Gasteiger partial charge in [0.15, 0.2) is 0 Å². The van der Waals surface area contributed by atoms with Crippen LogP contribution in [0.5, 0.6) is 0 Å². The number of benzene rings is 1. The van der Waals surface area contributed by atoms with E-state index in [1.54, 1.807) is 6.07 Å². The lowest BCUT2D eigenvalue weighted by Crippen LogP contribution is -2.46. The molecule has 2 rings (SSSR count). The van der Waals surface area contributed by atoms with Gasteiger partial charge in [-0.05, 0) is 37.8 Å². The number of piperidine rings is 1. The number of hydrogen-bond acceptors (Lipinski definition) is 3. The number of nitrogens with zero attached hydrogens (tertiary/aromatic N) is 1. The molecule has 1 aromatic carbocycles. The second-order valence-electron chi connectivity index (χ2n) is 5.17. The van der Waals surface area contributed by atoms with Crippen molar-refractivity contribution in [2.45, 2.75) is 32.7 Å². The van der Waals surface area contributed by atoms with E-state index in [1.165, 1.54) is 12.1 Å². The first kappa shape index (κ1) is 13.8. The first-order valence-corrected chi connectivity index (χ1v) is 6.62. The smallest absolute Gasteiger partial charge is 0.256 e. The normalized spacial score (nSPS) is 23.3. The van der Waals surface area contributed by atoms with Crippen LogP contribution in [-0.2, 0) is 0 Å². The molecule has 4 nitrogen and oxygen atoms in total. The predicted octanol–water partition coefficient (Wildman–Crippen LogP) is 2.37. The van der Waals surface area contributed by atoms with Gasteiger partial charge in [-0.3, -0.25) is 10.6 Å². The van der Waals surface area contributed by atoms with E-state index in [0.717, 1.165) is 12.8 Å². The number of hydrazine groups is 1. The minimum absolute atomic E-state index is 0.0675. The van der Waals surface area contributed by atoms with Crippen molar-refractivity contribution in [3.05, 3.63) is 29.6 Å². The van der Waals surface area contributed by atoms with Crippen LogP contribution in [0, 0.1) is 11.7 Å². The highest BCUT2D eigenvalue weighted by atomic mass is 19.1. The molecular formula is C14H20FN3O. The van der Waals surface area contributed by atoms with Gasteiger partial charge in [-0.15, -0.1) is 0 Å². The van der Waals surface area contributed by atoms with Gasteiger partial charge in [-0.25, -0.2) is 4.39 Å². The SMILES string of the molecule is CC1CCCN(C(=O)c2cccc(F)c2NN)C1C. The van der Waals surface area contributed by atoms with E-state index in [0.29, 0.717) is 18.0 Å². The fraction of sp³-hybridized carbons (Fsp3) is 0.500. The molecule has 0 spiro atoms. The quantitative estimate of drug-likeness (QED) is 0.637. The zero-order chi connectivity index (χ0) is 14.0. The minimum atomic E-state index is -0.508. The average Bonchev–Trinajstić information content (AvgIpc) is 2.41. The minimum Gasteiger partial charge on any atom is -0.336 e. The maximum absolute atomic E-state index is 13.6. The van der Waals surface area contributed by atoms with Crippen LogP contribution in [-0.4, -0.2) is 23.4 Å².